The lowest BCUT2D eigenvalue weighted by Gasteiger charge is -2.32. The molecule has 1 heterocycles. The molecule has 2 rings (SSSR count). The van der Waals surface area contributed by atoms with Crippen LogP contribution in [-0.4, -0.2) is 30.1 Å². The molecule has 2 atom stereocenters. The van der Waals surface area contributed by atoms with Crippen LogP contribution in [0.5, 0.6) is 0 Å². The van der Waals surface area contributed by atoms with Crippen LogP contribution in [0.1, 0.15) is 40.5 Å². The molecule has 0 aromatic heterocycles. The van der Waals surface area contributed by atoms with E-state index in [4.69, 9.17) is 5.73 Å². The van der Waals surface area contributed by atoms with E-state index in [1.807, 2.05) is 0 Å². The molecule has 1 saturated heterocycles. The Hall–Kier alpha value is -0.0800. The zero-order valence-corrected chi connectivity index (χ0v) is 10.0. The number of nitrogens with zero attached hydrogens (tertiary/aromatic N) is 1. The second-order valence-electron chi connectivity index (χ2n) is 6.29. The molecule has 1 aliphatic heterocycles. The molecule has 0 aromatic carbocycles. The smallest absolute Gasteiger partial charge is 0.00505 e. The Balaban J connectivity index is 2.19. The van der Waals surface area contributed by atoms with E-state index < -0.39 is 0 Å². The Morgan fingerprint density at radius 1 is 1.14 bits per heavy atom. The highest BCUT2D eigenvalue weighted by molar-refractivity contribution is 5.09. The highest BCUT2D eigenvalue weighted by atomic mass is 15.2. The second kappa shape index (κ2) is 2.96. The lowest BCUT2D eigenvalue weighted by atomic mass is 9.71. The van der Waals surface area contributed by atoms with Crippen LogP contribution in [-0.2, 0) is 0 Å². The fourth-order valence-corrected chi connectivity index (χ4v) is 3.55. The summed E-state index contributed by atoms with van der Waals surface area (Å²) in [6.07, 6.45) is 2.43. The minimum absolute atomic E-state index is 0.444. The van der Waals surface area contributed by atoms with Crippen LogP contribution in [0.4, 0.5) is 0 Å². The second-order valence-corrected chi connectivity index (χ2v) is 6.29. The van der Waals surface area contributed by atoms with Crippen molar-refractivity contribution in [2.75, 3.05) is 13.1 Å². The Morgan fingerprint density at radius 3 is 1.93 bits per heavy atom. The van der Waals surface area contributed by atoms with Gasteiger partial charge in [-0.3, -0.25) is 4.90 Å². The Bertz CT molecular complexity index is 218. The summed E-state index contributed by atoms with van der Waals surface area (Å²) in [4.78, 5) is 2.62. The first kappa shape index (κ1) is 10.4. The molecule has 2 unspecified atom stereocenters. The lowest BCUT2D eigenvalue weighted by Crippen LogP contribution is -2.33. The predicted octanol–water partition coefficient (Wildman–Crippen LogP) is 1.84. The minimum atomic E-state index is 0.444. The Labute approximate surface area is 87.8 Å². The third-order valence-electron chi connectivity index (χ3n) is 4.72. The molecule has 1 saturated carbocycles. The van der Waals surface area contributed by atoms with Crippen molar-refractivity contribution in [1.29, 1.82) is 0 Å². The molecule has 0 bridgehead atoms. The van der Waals surface area contributed by atoms with Gasteiger partial charge in [0.2, 0.25) is 0 Å². The van der Waals surface area contributed by atoms with Gasteiger partial charge in [0.15, 0.2) is 0 Å². The number of likely N-dealkylation sites (tertiary alicyclic amines) is 1. The maximum absolute atomic E-state index is 6.10. The van der Waals surface area contributed by atoms with E-state index in [9.17, 15) is 0 Å². The van der Waals surface area contributed by atoms with E-state index >= 15 is 0 Å². The van der Waals surface area contributed by atoms with Gasteiger partial charge in [0.1, 0.15) is 0 Å². The van der Waals surface area contributed by atoms with Crippen LogP contribution in [0.3, 0.4) is 0 Å². The van der Waals surface area contributed by atoms with Gasteiger partial charge in [-0.2, -0.15) is 0 Å². The normalized spacial score (nSPS) is 48.9. The standard InChI is InChI=1S/C12H24N2/c1-9(2)14-7-11(3)5-10(13)6-12(11,4)8-14/h9-10H,5-8,13H2,1-4H3. The van der Waals surface area contributed by atoms with E-state index in [0.717, 1.165) is 0 Å². The van der Waals surface area contributed by atoms with Gasteiger partial charge in [0.05, 0.1) is 0 Å². The highest BCUT2D eigenvalue weighted by Gasteiger charge is 2.57. The molecule has 2 aliphatic rings. The molecule has 2 N–H and O–H groups in total. The monoisotopic (exact) mass is 196 g/mol. The number of rotatable bonds is 1. The molecule has 0 aromatic rings. The van der Waals surface area contributed by atoms with Crippen LogP contribution < -0.4 is 5.73 Å². The summed E-state index contributed by atoms with van der Waals surface area (Å²) in [5.41, 5.74) is 7.04. The summed E-state index contributed by atoms with van der Waals surface area (Å²) >= 11 is 0. The first-order chi connectivity index (χ1) is 6.36. The number of hydrogen-bond donors (Lipinski definition) is 1. The average molecular weight is 196 g/mol. The highest BCUT2D eigenvalue weighted by Crippen LogP contribution is 2.57. The summed E-state index contributed by atoms with van der Waals surface area (Å²) in [5.74, 6) is 0. The third-order valence-corrected chi connectivity index (χ3v) is 4.72. The van der Waals surface area contributed by atoms with Crippen molar-refractivity contribution in [3.63, 3.8) is 0 Å². The van der Waals surface area contributed by atoms with Gasteiger partial charge in [-0.15, -0.1) is 0 Å². The topological polar surface area (TPSA) is 29.3 Å². The van der Waals surface area contributed by atoms with Gasteiger partial charge in [-0.05, 0) is 37.5 Å². The zero-order chi connectivity index (χ0) is 10.6. The maximum Gasteiger partial charge on any atom is 0.00505 e. The molecule has 1 aliphatic carbocycles. The largest absolute Gasteiger partial charge is 0.328 e. The number of fused-ring (bicyclic) bond motifs is 1. The summed E-state index contributed by atoms with van der Waals surface area (Å²) < 4.78 is 0. The fraction of sp³-hybridized carbons (Fsp3) is 1.00. The molecule has 0 radical (unpaired) electrons. The summed E-state index contributed by atoms with van der Waals surface area (Å²) in [7, 11) is 0. The summed E-state index contributed by atoms with van der Waals surface area (Å²) in [6.45, 7) is 12.0. The van der Waals surface area contributed by atoms with E-state index in [0.29, 0.717) is 22.9 Å². The van der Waals surface area contributed by atoms with Crippen molar-refractivity contribution >= 4 is 0 Å². The quantitative estimate of drug-likeness (QED) is 0.693. The predicted molar refractivity (Wildman–Crippen MR) is 60.1 cm³/mol. The Kier molecular flexibility index (Phi) is 2.20. The maximum atomic E-state index is 6.10. The molecule has 82 valence electrons. The Morgan fingerprint density at radius 2 is 1.57 bits per heavy atom. The fourth-order valence-electron chi connectivity index (χ4n) is 3.55. The average Bonchev–Trinajstić information content (AvgIpc) is 2.33. The van der Waals surface area contributed by atoms with Gasteiger partial charge in [0, 0.05) is 25.2 Å². The lowest BCUT2D eigenvalue weighted by molar-refractivity contribution is 0.184. The zero-order valence-electron chi connectivity index (χ0n) is 10.0. The van der Waals surface area contributed by atoms with Crippen molar-refractivity contribution in [3.8, 4) is 0 Å². The SMILES string of the molecule is CC(C)N1CC2(C)CC(N)CC2(C)C1. The van der Waals surface area contributed by atoms with Crippen molar-refractivity contribution < 1.29 is 0 Å². The van der Waals surface area contributed by atoms with Gasteiger partial charge in [-0.25, -0.2) is 0 Å². The molecular weight excluding hydrogens is 172 g/mol. The molecule has 0 amide bonds. The summed E-state index contributed by atoms with van der Waals surface area (Å²) in [6, 6.07) is 1.13. The molecule has 2 nitrogen and oxygen atoms in total. The van der Waals surface area contributed by atoms with Gasteiger partial charge in [-0.1, -0.05) is 13.8 Å². The molecule has 2 heteroatoms. The van der Waals surface area contributed by atoms with Gasteiger partial charge in [0.25, 0.3) is 0 Å². The van der Waals surface area contributed by atoms with Crippen LogP contribution in [0.2, 0.25) is 0 Å². The van der Waals surface area contributed by atoms with Crippen molar-refractivity contribution in [2.45, 2.75) is 52.6 Å². The van der Waals surface area contributed by atoms with E-state index in [-0.39, 0.29) is 0 Å². The van der Waals surface area contributed by atoms with Crippen LogP contribution >= 0.6 is 0 Å². The van der Waals surface area contributed by atoms with Crippen LogP contribution in [0.15, 0.2) is 0 Å². The van der Waals surface area contributed by atoms with Crippen molar-refractivity contribution in [3.05, 3.63) is 0 Å². The molecular formula is C12H24N2. The first-order valence-corrected chi connectivity index (χ1v) is 5.86. The van der Waals surface area contributed by atoms with Crippen LogP contribution in [0.25, 0.3) is 0 Å². The van der Waals surface area contributed by atoms with E-state index in [1.54, 1.807) is 0 Å². The number of hydrogen-bond acceptors (Lipinski definition) is 2. The number of nitrogens with two attached hydrogens (primary N) is 1. The third kappa shape index (κ3) is 1.31. The molecule has 0 spiro atoms. The first-order valence-electron chi connectivity index (χ1n) is 5.86. The van der Waals surface area contributed by atoms with Crippen molar-refractivity contribution in [1.82, 2.24) is 4.90 Å². The van der Waals surface area contributed by atoms with Crippen LogP contribution in [0, 0.1) is 10.8 Å². The molecule has 14 heavy (non-hydrogen) atoms. The van der Waals surface area contributed by atoms with E-state index in [1.165, 1.54) is 25.9 Å². The van der Waals surface area contributed by atoms with Crippen molar-refractivity contribution in [2.24, 2.45) is 16.6 Å². The van der Waals surface area contributed by atoms with Gasteiger partial charge < -0.3 is 5.73 Å². The molecule has 2 fully saturated rings. The minimum Gasteiger partial charge on any atom is -0.328 e. The van der Waals surface area contributed by atoms with E-state index in [2.05, 4.69) is 32.6 Å². The summed E-state index contributed by atoms with van der Waals surface area (Å²) in [5, 5.41) is 0. The van der Waals surface area contributed by atoms with Gasteiger partial charge >= 0.3 is 0 Å².